The lowest BCUT2D eigenvalue weighted by atomic mass is 10.1. The van der Waals surface area contributed by atoms with Crippen molar-refractivity contribution in [2.75, 3.05) is 5.88 Å². The standard InChI is InChI=1S/C11H10ClF3O2/c1-2-7-5-8(9(16)6-12)3-4-10(7)17-11(13,14)15/h3-5H,2,6H2,1H3. The van der Waals surface area contributed by atoms with Crippen molar-refractivity contribution in [1.82, 2.24) is 0 Å². The molecule has 0 aromatic heterocycles. The average molecular weight is 267 g/mol. The average Bonchev–Trinajstić information content (AvgIpc) is 2.26. The molecule has 2 nitrogen and oxygen atoms in total. The van der Waals surface area contributed by atoms with E-state index in [-0.39, 0.29) is 23.0 Å². The summed E-state index contributed by atoms with van der Waals surface area (Å²) in [6.07, 6.45) is -4.41. The van der Waals surface area contributed by atoms with Gasteiger partial charge in [0.05, 0.1) is 5.88 Å². The summed E-state index contributed by atoms with van der Waals surface area (Å²) in [6.45, 7) is 1.67. The van der Waals surface area contributed by atoms with Gasteiger partial charge in [0, 0.05) is 5.56 Å². The summed E-state index contributed by atoms with van der Waals surface area (Å²) < 4.78 is 40.1. The van der Waals surface area contributed by atoms with Gasteiger partial charge in [0.15, 0.2) is 5.78 Å². The van der Waals surface area contributed by atoms with Crippen LogP contribution in [-0.4, -0.2) is 18.0 Å². The van der Waals surface area contributed by atoms with Crippen LogP contribution in [0.4, 0.5) is 13.2 Å². The fourth-order valence-corrected chi connectivity index (χ4v) is 1.48. The van der Waals surface area contributed by atoms with Crippen molar-refractivity contribution in [1.29, 1.82) is 0 Å². The van der Waals surface area contributed by atoms with Crippen molar-refractivity contribution in [3.63, 3.8) is 0 Å². The van der Waals surface area contributed by atoms with Crippen LogP contribution in [0.3, 0.4) is 0 Å². The molecule has 0 unspecified atom stereocenters. The van der Waals surface area contributed by atoms with Crippen molar-refractivity contribution in [3.8, 4) is 5.75 Å². The summed E-state index contributed by atoms with van der Waals surface area (Å²) in [5, 5.41) is 0. The lowest BCUT2D eigenvalue weighted by Crippen LogP contribution is -2.18. The third kappa shape index (κ3) is 3.93. The molecule has 0 spiro atoms. The summed E-state index contributed by atoms with van der Waals surface area (Å²) in [5.41, 5.74) is 0.602. The number of carbonyl (C=O) groups excluding carboxylic acids is 1. The molecule has 0 fully saturated rings. The van der Waals surface area contributed by atoms with Crippen LogP contribution in [0, 0.1) is 0 Å². The number of Topliss-reactive ketones (excluding diaryl/α,β-unsaturated/α-hetero) is 1. The van der Waals surface area contributed by atoms with Crippen LogP contribution in [-0.2, 0) is 6.42 Å². The quantitative estimate of drug-likeness (QED) is 0.615. The molecule has 0 N–H and O–H groups in total. The van der Waals surface area contributed by atoms with Gasteiger partial charge in [0.25, 0.3) is 0 Å². The van der Waals surface area contributed by atoms with Crippen molar-refractivity contribution in [2.45, 2.75) is 19.7 Å². The Labute approximate surface area is 101 Å². The Balaban J connectivity index is 3.05. The number of ether oxygens (including phenoxy) is 1. The van der Waals surface area contributed by atoms with E-state index < -0.39 is 6.36 Å². The van der Waals surface area contributed by atoms with E-state index >= 15 is 0 Å². The van der Waals surface area contributed by atoms with E-state index in [1.807, 2.05) is 0 Å². The first-order chi connectivity index (χ1) is 7.87. The first-order valence-electron chi connectivity index (χ1n) is 4.85. The maximum Gasteiger partial charge on any atom is 0.573 e. The summed E-state index contributed by atoms with van der Waals surface area (Å²) in [5.74, 6) is -0.825. The smallest absolute Gasteiger partial charge is 0.406 e. The molecule has 0 saturated carbocycles. The van der Waals surface area contributed by atoms with Gasteiger partial charge in [-0.3, -0.25) is 4.79 Å². The highest BCUT2D eigenvalue weighted by atomic mass is 35.5. The first kappa shape index (κ1) is 13.8. The molecule has 0 aliphatic carbocycles. The molecule has 1 aromatic rings. The summed E-state index contributed by atoms with van der Waals surface area (Å²) >= 11 is 5.37. The molecular formula is C11H10ClF3O2. The minimum absolute atomic E-state index is 0.206. The van der Waals surface area contributed by atoms with E-state index in [4.69, 9.17) is 11.6 Å². The van der Waals surface area contributed by atoms with E-state index in [0.29, 0.717) is 12.0 Å². The van der Waals surface area contributed by atoms with E-state index in [1.165, 1.54) is 12.1 Å². The molecule has 94 valence electrons. The number of alkyl halides is 4. The monoisotopic (exact) mass is 266 g/mol. The van der Waals surface area contributed by atoms with Gasteiger partial charge in [-0.25, -0.2) is 0 Å². The topological polar surface area (TPSA) is 26.3 Å². The molecule has 1 aromatic carbocycles. The predicted molar refractivity (Wildman–Crippen MR) is 57.6 cm³/mol. The minimum atomic E-state index is -4.73. The summed E-state index contributed by atoms with van der Waals surface area (Å²) in [7, 11) is 0. The number of rotatable bonds is 4. The Morgan fingerprint density at radius 1 is 1.41 bits per heavy atom. The number of hydrogen-bond acceptors (Lipinski definition) is 2. The number of halogens is 4. The normalized spacial score (nSPS) is 11.4. The third-order valence-electron chi connectivity index (χ3n) is 2.11. The molecule has 0 radical (unpaired) electrons. The zero-order valence-electron chi connectivity index (χ0n) is 8.97. The van der Waals surface area contributed by atoms with Crippen LogP contribution in [0.5, 0.6) is 5.75 Å². The number of aryl methyl sites for hydroxylation is 1. The first-order valence-corrected chi connectivity index (χ1v) is 5.38. The van der Waals surface area contributed by atoms with E-state index in [0.717, 1.165) is 6.07 Å². The zero-order valence-corrected chi connectivity index (χ0v) is 9.73. The van der Waals surface area contributed by atoms with Crippen LogP contribution in [0.2, 0.25) is 0 Å². The highest BCUT2D eigenvalue weighted by Crippen LogP contribution is 2.27. The second kappa shape index (κ2) is 5.40. The molecule has 1 rings (SSSR count). The number of ketones is 1. The van der Waals surface area contributed by atoms with Crippen LogP contribution in [0.25, 0.3) is 0 Å². The molecule has 6 heteroatoms. The molecule has 0 atom stereocenters. The van der Waals surface area contributed by atoms with Crippen LogP contribution < -0.4 is 4.74 Å². The van der Waals surface area contributed by atoms with Gasteiger partial charge in [0.2, 0.25) is 0 Å². The zero-order chi connectivity index (χ0) is 13.1. The number of carbonyl (C=O) groups is 1. The fourth-order valence-electron chi connectivity index (χ4n) is 1.33. The summed E-state index contributed by atoms with van der Waals surface area (Å²) in [6, 6.07) is 3.77. The van der Waals surface area contributed by atoms with E-state index in [1.54, 1.807) is 6.92 Å². The Hall–Kier alpha value is -1.23. The summed E-state index contributed by atoms with van der Waals surface area (Å²) in [4.78, 5) is 11.3. The lowest BCUT2D eigenvalue weighted by molar-refractivity contribution is -0.274. The second-order valence-electron chi connectivity index (χ2n) is 3.28. The van der Waals surface area contributed by atoms with E-state index in [9.17, 15) is 18.0 Å². The number of benzene rings is 1. The van der Waals surface area contributed by atoms with Gasteiger partial charge in [-0.2, -0.15) is 0 Å². The Morgan fingerprint density at radius 3 is 2.53 bits per heavy atom. The van der Waals surface area contributed by atoms with Gasteiger partial charge >= 0.3 is 6.36 Å². The maximum absolute atomic E-state index is 12.1. The predicted octanol–water partition coefficient (Wildman–Crippen LogP) is 3.57. The second-order valence-corrected chi connectivity index (χ2v) is 3.55. The maximum atomic E-state index is 12.1. The molecule has 17 heavy (non-hydrogen) atoms. The Kier molecular flexibility index (Phi) is 4.40. The molecule has 0 bridgehead atoms. The third-order valence-corrected chi connectivity index (χ3v) is 2.35. The SMILES string of the molecule is CCc1cc(C(=O)CCl)ccc1OC(F)(F)F. The lowest BCUT2D eigenvalue weighted by Gasteiger charge is -2.13. The van der Waals surface area contributed by atoms with Gasteiger partial charge in [-0.1, -0.05) is 6.92 Å². The highest BCUT2D eigenvalue weighted by molar-refractivity contribution is 6.30. The van der Waals surface area contributed by atoms with Crippen molar-refractivity contribution in [2.24, 2.45) is 0 Å². The minimum Gasteiger partial charge on any atom is -0.406 e. The molecular weight excluding hydrogens is 257 g/mol. The highest BCUT2D eigenvalue weighted by Gasteiger charge is 2.32. The fraction of sp³-hybridized carbons (Fsp3) is 0.364. The van der Waals surface area contributed by atoms with Crippen molar-refractivity contribution >= 4 is 17.4 Å². The van der Waals surface area contributed by atoms with Gasteiger partial charge in [0.1, 0.15) is 5.75 Å². The largest absolute Gasteiger partial charge is 0.573 e. The van der Waals surface area contributed by atoms with Gasteiger partial charge in [-0.15, -0.1) is 24.8 Å². The van der Waals surface area contributed by atoms with Crippen LogP contribution in [0.1, 0.15) is 22.8 Å². The Morgan fingerprint density at radius 2 is 2.06 bits per heavy atom. The Bertz CT molecular complexity index is 416. The van der Waals surface area contributed by atoms with Crippen molar-refractivity contribution in [3.05, 3.63) is 29.3 Å². The molecule has 0 aliphatic heterocycles. The van der Waals surface area contributed by atoms with Crippen LogP contribution in [0.15, 0.2) is 18.2 Å². The van der Waals surface area contributed by atoms with Gasteiger partial charge in [-0.05, 0) is 30.2 Å². The van der Waals surface area contributed by atoms with Crippen molar-refractivity contribution < 1.29 is 22.7 Å². The van der Waals surface area contributed by atoms with Gasteiger partial charge < -0.3 is 4.74 Å². The molecule has 0 heterocycles. The van der Waals surface area contributed by atoms with Crippen LogP contribution >= 0.6 is 11.6 Å². The molecule has 0 aliphatic rings. The van der Waals surface area contributed by atoms with E-state index in [2.05, 4.69) is 4.74 Å². The molecule has 0 amide bonds. The molecule has 0 saturated heterocycles. The number of hydrogen-bond donors (Lipinski definition) is 0.